The van der Waals surface area contributed by atoms with Crippen LogP contribution < -0.4 is 0 Å². The van der Waals surface area contributed by atoms with E-state index in [2.05, 4.69) is 120 Å². The third kappa shape index (κ3) is 4.38. The highest BCUT2D eigenvalue weighted by Gasteiger charge is 2.19. The van der Waals surface area contributed by atoms with Crippen molar-refractivity contribution in [2.75, 3.05) is 0 Å². The highest BCUT2D eigenvalue weighted by molar-refractivity contribution is 7.26. The number of thiophene rings is 1. The van der Waals surface area contributed by atoms with E-state index in [1.54, 1.807) is 11.3 Å². The van der Waals surface area contributed by atoms with E-state index in [1.807, 2.05) is 36.7 Å². The number of aromatic nitrogens is 3. The molecule has 45 heavy (non-hydrogen) atoms. The Bertz CT molecular complexity index is 2540. The summed E-state index contributed by atoms with van der Waals surface area (Å²) in [5.74, 6) is 0.728. The van der Waals surface area contributed by atoms with Crippen molar-refractivity contribution in [2.45, 2.75) is 0 Å². The monoisotopic (exact) mass is 591 g/mol. The molecule has 0 atom stereocenters. The van der Waals surface area contributed by atoms with Crippen LogP contribution in [0.4, 0.5) is 0 Å². The molecular formula is C41H25N3S. The van der Waals surface area contributed by atoms with Gasteiger partial charge in [0.2, 0.25) is 0 Å². The summed E-state index contributed by atoms with van der Waals surface area (Å²) in [4.78, 5) is 14.9. The van der Waals surface area contributed by atoms with Gasteiger partial charge in [-0.3, -0.25) is 4.98 Å². The molecule has 0 N–H and O–H groups in total. The van der Waals surface area contributed by atoms with Gasteiger partial charge in [-0.05, 0) is 74.6 Å². The van der Waals surface area contributed by atoms with Gasteiger partial charge in [0.05, 0.1) is 15.9 Å². The first kappa shape index (κ1) is 25.8. The molecule has 0 fully saturated rings. The zero-order valence-electron chi connectivity index (χ0n) is 24.2. The molecule has 3 heterocycles. The van der Waals surface area contributed by atoms with E-state index in [-0.39, 0.29) is 0 Å². The van der Waals surface area contributed by atoms with Crippen LogP contribution in [0.15, 0.2) is 152 Å². The number of pyridine rings is 1. The largest absolute Gasteiger partial charge is 0.264 e. The molecular weight excluding hydrogens is 567 g/mol. The molecule has 4 heteroatoms. The lowest BCUT2D eigenvalue weighted by Gasteiger charge is -2.15. The average molecular weight is 592 g/mol. The minimum Gasteiger partial charge on any atom is -0.264 e. The van der Waals surface area contributed by atoms with E-state index in [0.29, 0.717) is 0 Å². The molecule has 0 bridgehead atoms. The molecule has 9 aromatic rings. The molecule has 0 saturated heterocycles. The van der Waals surface area contributed by atoms with Gasteiger partial charge < -0.3 is 0 Å². The maximum atomic E-state index is 5.30. The molecule has 3 aromatic heterocycles. The van der Waals surface area contributed by atoms with Gasteiger partial charge in [0.15, 0.2) is 5.82 Å². The number of hydrogen-bond acceptors (Lipinski definition) is 4. The normalized spacial score (nSPS) is 11.6. The second-order valence-electron chi connectivity index (χ2n) is 11.3. The molecule has 0 unspecified atom stereocenters. The van der Waals surface area contributed by atoms with Crippen molar-refractivity contribution < 1.29 is 0 Å². The number of hydrogen-bond donors (Lipinski definition) is 0. The van der Waals surface area contributed by atoms with E-state index < -0.39 is 0 Å². The molecule has 6 aromatic carbocycles. The van der Waals surface area contributed by atoms with E-state index in [1.165, 1.54) is 31.8 Å². The molecule has 9 rings (SSSR count). The van der Waals surface area contributed by atoms with Gasteiger partial charge >= 0.3 is 0 Å². The van der Waals surface area contributed by atoms with Gasteiger partial charge in [-0.15, -0.1) is 11.3 Å². The number of nitrogens with zero attached hydrogens (tertiary/aromatic N) is 3. The number of fused-ring (bicyclic) bond motifs is 6. The maximum Gasteiger partial charge on any atom is 0.160 e. The Morgan fingerprint density at radius 2 is 1.16 bits per heavy atom. The Hall–Kier alpha value is -5.71. The fraction of sp³-hybridized carbons (Fsp3) is 0. The van der Waals surface area contributed by atoms with Crippen molar-refractivity contribution in [3.8, 4) is 44.9 Å². The molecule has 0 amide bonds. The van der Waals surface area contributed by atoms with Crippen LogP contribution in [0.2, 0.25) is 0 Å². The standard InChI is InChI=1S/C41H25N3S/c1-2-11-26(12-3-1)41-43-38(40-39(44-41)35-18-8-9-19-37(35)45-40)31-22-29(28-14-10-20-42-25-28)21-30(23-31)36-24-27-13-4-5-15-32(27)33-16-6-7-17-34(33)36/h1-25H. The van der Waals surface area contributed by atoms with Crippen LogP contribution in [-0.4, -0.2) is 15.0 Å². The topological polar surface area (TPSA) is 38.7 Å². The predicted octanol–water partition coefficient (Wildman–Crippen LogP) is 11.2. The Morgan fingerprint density at radius 1 is 0.467 bits per heavy atom. The third-order valence-electron chi connectivity index (χ3n) is 8.53. The zero-order chi connectivity index (χ0) is 29.7. The van der Waals surface area contributed by atoms with Crippen LogP contribution in [-0.2, 0) is 0 Å². The van der Waals surface area contributed by atoms with Gasteiger partial charge in [-0.2, -0.15) is 0 Å². The molecule has 3 nitrogen and oxygen atoms in total. The van der Waals surface area contributed by atoms with Gasteiger partial charge in [0.1, 0.15) is 0 Å². The molecule has 0 aliphatic heterocycles. The summed E-state index contributed by atoms with van der Waals surface area (Å²) < 4.78 is 2.30. The highest BCUT2D eigenvalue weighted by Crippen LogP contribution is 2.43. The van der Waals surface area contributed by atoms with Crippen LogP contribution in [0.25, 0.3) is 86.7 Å². The first-order valence-electron chi connectivity index (χ1n) is 15.0. The van der Waals surface area contributed by atoms with E-state index in [9.17, 15) is 0 Å². The summed E-state index contributed by atoms with van der Waals surface area (Å²) in [5.41, 5.74) is 8.49. The summed E-state index contributed by atoms with van der Waals surface area (Å²) >= 11 is 1.76. The lowest BCUT2D eigenvalue weighted by Crippen LogP contribution is -1.95. The summed E-state index contributed by atoms with van der Waals surface area (Å²) in [6.07, 6.45) is 3.76. The first-order valence-corrected chi connectivity index (χ1v) is 15.8. The van der Waals surface area contributed by atoms with E-state index in [4.69, 9.17) is 9.97 Å². The first-order chi connectivity index (χ1) is 22.3. The fourth-order valence-corrected chi connectivity index (χ4v) is 7.57. The second kappa shape index (κ2) is 10.5. The zero-order valence-corrected chi connectivity index (χ0v) is 25.0. The molecule has 210 valence electrons. The van der Waals surface area contributed by atoms with Gasteiger partial charge in [-0.1, -0.05) is 103 Å². The lowest BCUT2D eigenvalue weighted by atomic mass is 9.90. The molecule has 0 aliphatic carbocycles. The summed E-state index contributed by atoms with van der Waals surface area (Å²) in [5, 5.41) is 6.11. The van der Waals surface area contributed by atoms with Crippen molar-refractivity contribution in [3.63, 3.8) is 0 Å². The fourth-order valence-electron chi connectivity index (χ4n) is 6.42. The second-order valence-corrected chi connectivity index (χ2v) is 12.3. The summed E-state index contributed by atoms with van der Waals surface area (Å²) in [6.45, 7) is 0. The van der Waals surface area contributed by atoms with Crippen LogP contribution in [0.3, 0.4) is 0 Å². The predicted molar refractivity (Wildman–Crippen MR) is 189 cm³/mol. The Balaban J connectivity index is 1.38. The number of benzene rings is 6. The van der Waals surface area contributed by atoms with Crippen LogP contribution in [0.5, 0.6) is 0 Å². The highest BCUT2D eigenvalue weighted by atomic mass is 32.1. The SMILES string of the molecule is c1ccc(-c2nc(-c3cc(-c4cccnc4)cc(-c4cc5ccccc5c5ccccc45)c3)c3sc4ccccc4c3n2)cc1. The molecule has 0 spiro atoms. The van der Waals surface area contributed by atoms with Crippen molar-refractivity contribution >= 4 is 53.2 Å². The van der Waals surface area contributed by atoms with Crippen molar-refractivity contribution in [1.29, 1.82) is 0 Å². The Kier molecular flexibility index (Phi) is 6.00. The minimum atomic E-state index is 0.728. The van der Waals surface area contributed by atoms with Crippen molar-refractivity contribution in [1.82, 2.24) is 15.0 Å². The quantitative estimate of drug-likeness (QED) is 0.191. The third-order valence-corrected chi connectivity index (χ3v) is 9.70. The van der Waals surface area contributed by atoms with Crippen LogP contribution >= 0.6 is 11.3 Å². The smallest absolute Gasteiger partial charge is 0.160 e. The summed E-state index contributed by atoms with van der Waals surface area (Å²) in [7, 11) is 0. The average Bonchev–Trinajstić information content (AvgIpc) is 3.50. The van der Waals surface area contributed by atoms with Crippen molar-refractivity contribution in [3.05, 3.63) is 152 Å². The minimum absolute atomic E-state index is 0.728. The van der Waals surface area contributed by atoms with Gasteiger partial charge in [0, 0.05) is 39.2 Å². The summed E-state index contributed by atoms with van der Waals surface area (Å²) in [6, 6.07) is 49.4. The van der Waals surface area contributed by atoms with E-state index in [0.717, 1.165) is 54.9 Å². The van der Waals surface area contributed by atoms with E-state index >= 15 is 0 Å². The number of rotatable bonds is 4. The molecule has 0 aliphatic rings. The lowest BCUT2D eigenvalue weighted by molar-refractivity contribution is 1.24. The van der Waals surface area contributed by atoms with Crippen molar-refractivity contribution in [2.24, 2.45) is 0 Å². The Labute approximate surface area is 264 Å². The molecule has 0 radical (unpaired) electrons. The van der Waals surface area contributed by atoms with Gasteiger partial charge in [-0.25, -0.2) is 9.97 Å². The maximum absolute atomic E-state index is 5.30. The van der Waals surface area contributed by atoms with Crippen LogP contribution in [0, 0.1) is 0 Å². The van der Waals surface area contributed by atoms with Gasteiger partial charge in [0.25, 0.3) is 0 Å². The van der Waals surface area contributed by atoms with Crippen LogP contribution in [0.1, 0.15) is 0 Å². The molecule has 0 saturated carbocycles. The Morgan fingerprint density at radius 3 is 2.00 bits per heavy atom.